The van der Waals surface area contributed by atoms with Gasteiger partial charge in [-0.1, -0.05) is 23.4 Å². The molecule has 3 atom stereocenters. The fraction of sp³-hybridized carbons (Fsp3) is 0.316. The SMILES string of the molecule is C[C@@H]1OC[C@@]2(c3cc(NC(=O)c4ccc(Cl)cn4)ccc3F)N=C(N)SC[C@H]12. The first kappa shape index (κ1) is 19.2. The maximum absolute atomic E-state index is 14.8. The average molecular weight is 421 g/mol. The lowest BCUT2D eigenvalue weighted by molar-refractivity contribution is 0.102. The summed E-state index contributed by atoms with van der Waals surface area (Å²) in [4.78, 5) is 21.0. The zero-order chi connectivity index (χ0) is 19.9. The molecule has 1 amide bonds. The van der Waals surface area contributed by atoms with Crippen LogP contribution in [0.2, 0.25) is 5.02 Å². The summed E-state index contributed by atoms with van der Waals surface area (Å²) < 4.78 is 20.6. The second-order valence-corrected chi connectivity index (χ2v) is 8.30. The van der Waals surface area contributed by atoms with E-state index in [1.54, 1.807) is 12.1 Å². The number of nitrogens with zero attached hydrogens (tertiary/aromatic N) is 2. The summed E-state index contributed by atoms with van der Waals surface area (Å²) in [6.45, 7) is 2.20. The zero-order valence-electron chi connectivity index (χ0n) is 15.0. The van der Waals surface area contributed by atoms with E-state index < -0.39 is 17.3 Å². The van der Waals surface area contributed by atoms with E-state index in [1.807, 2.05) is 6.92 Å². The highest BCUT2D eigenvalue weighted by Crippen LogP contribution is 2.48. The minimum atomic E-state index is -0.891. The van der Waals surface area contributed by atoms with Crippen LogP contribution in [0.3, 0.4) is 0 Å². The lowest BCUT2D eigenvalue weighted by Gasteiger charge is -2.35. The number of halogens is 2. The summed E-state index contributed by atoms with van der Waals surface area (Å²) in [7, 11) is 0. The number of carbonyl (C=O) groups is 1. The molecule has 0 unspecified atom stereocenters. The molecule has 1 fully saturated rings. The Morgan fingerprint density at radius 3 is 3.00 bits per heavy atom. The van der Waals surface area contributed by atoms with Crippen molar-refractivity contribution in [2.75, 3.05) is 17.7 Å². The molecule has 0 aliphatic carbocycles. The van der Waals surface area contributed by atoms with E-state index in [0.29, 0.717) is 27.2 Å². The van der Waals surface area contributed by atoms with Gasteiger partial charge in [0, 0.05) is 29.1 Å². The molecule has 0 spiro atoms. The van der Waals surface area contributed by atoms with Crippen LogP contribution in [0.4, 0.5) is 10.1 Å². The van der Waals surface area contributed by atoms with Gasteiger partial charge in [-0.25, -0.2) is 14.4 Å². The average Bonchev–Trinajstić information content (AvgIpc) is 3.00. The van der Waals surface area contributed by atoms with Crippen LogP contribution in [-0.2, 0) is 10.3 Å². The number of aromatic nitrogens is 1. The van der Waals surface area contributed by atoms with E-state index in [4.69, 9.17) is 22.1 Å². The smallest absolute Gasteiger partial charge is 0.274 e. The summed E-state index contributed by atoms with van der Waals surface area (Å²) in [5.41, 5.74) is 6.09. The number of hydrogen-bond donors (Lipinski definition) is 2. The number of anilines is 1. The molecule has 1 saturated heterocycles. The summed E-state index contributed by atoms with van der Waals surface area (Å²) in [5, 5.41) is 3.59. The topological polar surface area (TPSA) is 89.6 Å². The first-order valence-corrected chi connectivity index (χ1v) is 10.1. The van der Waals surface area contributed by atoms with Gasteiger partial charge in [0.05, 0.1) is 17.7 Å². The Morgan fingerprint density at radius 2 is 2.25 bits per heavy atom. The van der Waals surface area contributed by atoms with Crippen LogP contribution < -0.4 is 11.1 Å². The van der Waals surface area contributed by atoms with Gasteiger partial charge in [-0.05, 0) is 37.3 Å². The Bertz CT molecular complexity index is 955. The lowest BCUT2D eigenvalue weighted by Crippen LogP contribution is -2.41. The number of pyridine rings is 1. The first-order valence-electron chi connectivity index (χ1n) is 8.72. The van der Waals surface area contributed by atoms with Crippen LogP contribution >= 0.6 is 23.4 Å². The monoisotopic (exact) mass is 420 g/mol. The second-order valence-electron chi connectivity index (χ2n) is 6.82. The molecule has 6 nitrogen and oxygen atoms in total. The number of benzene rings is 1. The molecule has 1 aromatic heterocycles. The van der Waals surface area contributed by atoms with Crippen molar-refractivity contribution in [2.45, 2.75) is 18.6 Å². The predicted octanol–water partition coefficient (Wildman–Crippen LogP) is 3.42. The highest BCUT2D eigenvalue weighted by molar-refractivity contribution is 8.13. The van der Waals surface area contributed by atoms with E-state index in [1.165, 1.54) is 36.2 Å². The molecule has 0 radical (unpaired) electrons. The van der Waals surface area contributed by atoms with Crippen LogP contribution in [-0.4, -0.2) is 34.5 Å². The second kappa shape index (κ2) is 7.35. The number of rotatable bonds is 3. The molecular formula is C19H18ClFN4O2S. The third kappa shape index (κ3) is 3.36. The number of nitrogens with two attached hydrogens (primary N) is 1. The van der Waals surface area contributed by atoms with Gasteiger partial charge in [0.1, 0.15) is 17.1 Å². The Morgan fingerprint density at radius 1 is 1.43 bits per heavy atom. The standard InChI is InChI=1S/C19H18ClFN4O2S/c1-10-14-8-28-18(22)25-19(14,9-27-10)13-6-12(3-4-15(13)21)24-17(26)16-5-2-11(20)7-23-16/h2-7,10,14H,8-9H2,1H3,(H2,22,25)(H,24,26)/t10-,14+,19-/m0/s1. The van der Waals surface area contributed by atoms with Crippen LogP contribution in [0.15, 0.2) is 41.5 Å². The molecule has 2 aromatic rings. The van der Waals surface area contributed by atoms with Crippen molar-refractivity contribution in [2.24, 2.45) is 16.6 Å². The quantitative estimate of drug-likeness (QED) is 0.794. The highest BCUT2D eigenvalue weighted by Gasteiger charge is 2.52. The molecule has 9 heteroatoms. The van der Waals surface area contributed by atoms with E-state index in [9.17, 15) is 9.18 Å². The number of amides is 1. The van der Waals surface area contributed by atoms with Crippen molar-refractivity contribution in [3.63, 3.8) is 0 Å². The minimum absolute atomic E-state index is 0.0109. The van der Waals surface area contributed by atoms with Crippen molar-refractivity contribution in [3.05, 3.63) is 58.6 Å². The lowest BCUT2D eigenvalue weighted by atomic mass is 9.79. The van der Waals surface area contributed by atoms with Crippen LogP contribution in [0, 0.1) is 11.7 Å². The molecule has 0 bridgehead atoms. The number of ether oxygens (including phenoxy) is 1. The summed E-state index contributed by atoms with van der Waals surface area (Å²) in [6, 6.07) is 7.53. The van der Waals surface area contributed by atoms with Crippen LogP contribution in [0.5, 0.6) is 0 Å². The normalized spacial score (nSPS) is 26.5. The van der Waals surface area contributed by atoms with E-state index in [0.717, 1.165) is 0 Å². The van der Waals surface area contributed by atoms with Gasteiger partial charge in [-0.3, -0.25) is 4.79 Å². The van der Waals surface area contributed by atoms with Crippen molar-refractivity contribution in [1.29, 1.82) is 0 Å². The molecule has 3 heterocycles. The van der Waals surface area contributed by atoms with Crippen molar-refractivity contribution >= 4 is 40.1 Å². The first-order chi connectivity index (χ1) is 13.4. The molecule has 2 aliphatic heterocycles. The maximum atomic E-state index is 14.8. The van der Waals surface area contributed by atoms with Crippen molar-refractivity contribution < 1.29 is 13.9 Å². The minimum Gasteiger partial charge on any atom is -0.379 e. The highest BCUT2D eigenvalue weighted by atomic mass is 35.5. The Labute approximate surface area is 170 Å². The molecule has 1 aromatic carbocycles. The van der Waals surface area contributed by atoms with Gasteiger partial charge in [0.2, 0.25) is 0 Å². The zero-order valence-corrected chi connectivity index (χ0v) is 16.6. The van der Waals surface area contributed by atoms with E-state index in [-0.39, 0.29) is 24.3 Å². The van der Waals surface area contributed by atoms with Gasteiger partial charge in [-0.15, -0.1) is 0 Å². The number of amidine groups is 1. The Balaban J connectivity index is 1.68. The van der Waals surface area contributed by atoms with Gasteiger partial charge in [-0.2, -0.15) is 0 Å². The van der Waals surface area contributed by atoms with Crippen molar-refractivity contribution in [3.8, 4) is 0 Å². The largest absolute Gasteiger partial charge is 0.379 e. The molecule has 28 heavy (non-hydrogen) atoms. The Kier molecular flexibility index (Phi) is 5.03. The van der Waals surface area contributed by atoms with Crippen LogP contribution in [0.25, 0.3) is 0 Å². The predicted molar refractivity (Wildman–Crippen MR) is 108 cm³/mol. The number of hydrogen-bond acceptors (Lipinski definition) is 6. The third-order valence-corrected chi connectivity index (χ3v) is 6.25. The molecule has 146 valence electrons. The molecule has 0 saturated carbocycles. The molecule has 2 aliphatic rings. The van der Waals surface area contributed by atoms with Crippen LogP contribution in [0.1, 0.15) is 23.0 Å². The molecular weight excluding hydrogens is 403 g/mol. The summed E-state index contributed by atoms with van der Waals surface area (Å²) in [5.74, 6) is -0.139. The fourth-order valence-electron chi connectivity index (χ4n) is 3.64. The van der Waals surface area contributed by atoms with E-state index >= 15 is 0 Å². The number of aliphatic imine (C=N–C) groups is 1. The number of carbonyl (C=O) groups excluding carboxylic acids is 1. The maximum Gasteiger partial charge on any atom is 0.274 e. The van der Waals surface area contributed by atoms with Gasteiger partial charge >= 0.3 is 0 Å². The number of thioether (sulfide) groups is 1. The fourth-order valence-corrected chi connectivity index (χ4v) is 4.88. The third-order valence-electron chi connectivity index (χ3n) is 5.12. The summed E-state index contributed by atoms with van der Waals surface area (Å²) >= 11 is 7.25. The summed E-state index contributed by atoms with van der Waals surface area (Å²) in [6.07, 6.45) is 1.32. The van der Waals surface area contributed by atoms with Crippen molar-refractivity contribution in [1.82, 2.24) is 4.98 Å². The van der Waals surface area contributed by atoms with E-state index in [2.05, 4.69) is 15.3 Å². The molecule has 3 N–H and O–H groups in total. The Hall–Kier alpha value is -2.16. The van der Waals surface area contributed by atoms with Gasteiger partial charge < -0.3 is 15.8 Å². The number of nitrogens with one attached hydrogen (secondary N) is 1. The van der Waals surface area contributed by atoms with Gasteiger partial charge in [0.25, 0.3) is 5.91 Å². The number of fused-ring (bicyclic) bond motifs is 1. The van der Waals surface area contributed by atoms with Gasteiger partial charge in [0.15, 0.2) is 5.17 Å². The molecule has 4 rings (SSSR count).